The van der Waals surface area contributed by atoms with Gasteiger partial charge in [-0.15, -0.1) is 0 Å². The second-order valence-corrected chi connectivity index (χ2v) is 13.3. The van der Waals surface area contributed by atoms with Crippen LogP contribution in [0.5, 0.6) is 0 Å². The Bertz CT molecular complexity index is 1290. The van der Waals surface area contributed by atoms with Crippen molar-refractivity contribution in [1.29, 1.82) is 0 Å². The van der Waals surface area contributed by atoms with Crippen LogP contribution in [-0.4, -0.2) is 93.7 Å². The van der Waals surface area contributed by atoms with Crippen LogP contribution in [0.2, 0.25) is 0 Å². The van der Waals surface area contributed by atoms with Gasteiger partial charge in [-0.25, -0.2) is 15.2 Å². The first-order valence-corrected chi connectivity index (χ1v) is 17.3. The largest absolute Gasteiger partial charge is 0.389 e. The second kappa shape index (κ2) is 22.7. The van der Waals surface area contributed by atoms with E-state index in [2.05, 4.69) is 22.5 Å². The maximum absolute atomic E-state index is 12.3. The highest BCUT2D eigenvalue weighted by Crippen LogP contribution is 2.25. The van der Waals surface area contributed by atoms with Crippen molar-refractivity contribution in [3.8, 4) is 0 Å². The van der Waals surface area contributed by atoms with Crippen molar-refractivity contribution in [2.75, 3.05) is 44.6 Å². The summed E-state index contributed by atoms with van der Waals surface area (Å²) in [7, 11) is 0. The number of amides is 4. The average Bonchev–Trinajstić information content (AvgIpc) is 3.04. The fourth-order valence-electron chi connectivity index (χ4n) is 4.99. The van der Waals surface area contributed by atoms with Gasteiger partial charge in [-0.2, -0.15) is 0 Å². The molecular weight excluding hydrogens is 636 g/mol. The molecule has 0 spiro atoms. The van der Waals surface area contributed by atoms with Crippen molar-refractivity contribution in [3.05, 3.63) is 38.3 Å². The maximum Gasteiger partial charge on any atom is 0.249 e. The monoisotopic (exact) mass is 694 g/mol. The SMILES string of the molecule is C=C(CCC(=O)N(O)CCCCCNc1c(C(C)(C)C)c(=O)c1=O)NCCCCCN(O)C(=O)CCC(=O)NCCCCCN(O)C(C)=O. The summed E-state index contributed by atoms with van der Waals surface area (Å²) >= 11 is 0. The number of allylic oxidation sites excluding steroid dienone is 1. The summed E-state index contributed by atoms with van der Waals surface area (Å²) in [6.45, 7) is 13.0. The molecule has 0 aromatic heterocycles. The first kappa shape index (κ1) is 43.2. The first-order valence-electron chi connectivity index (χ1n) is 17.3. The molecule has 1 aromatic rings. The van der Waals surface area contributed by atoms with Crippen LogP contribution in [0.15, 0.2) is 21.9 Å². The minimum atomic E-state index is -0.526. The Kier molecular flexibility index (Phi) is 20.1. The molecule has 0 unspecified atom stereocenters. The summed E-state index contributed by atoms with van der Waals surface area (Å²) < 4.78 is 0. The predicted octanol–water partition coefficient (Wildman–Crippen LogP) is 2.96. The summed E-state index contributed by atoms with van der Waals surface area (Å²) in [5, 5.41) is 40.2. The molecule has 0 heterocycles. The Morgan fingerprint density at radius 1 is 0.633 bits per heavy atom. The number of nitrogens with one attached hydrogen (secondary N) is 3. The molecule has 4 amide bonds. The number of rotatable bonds is 26. The minimum absolute atomic E-state index is 0.0306. The van der Waals surface area contributed by atoms with E-state index < -0.39 is 34.0 Å². The lowest BCUT2D eigenvalue weighted by Crippen LogP contribution is -2.43. The van der Waals surface area contributed by atoms with E-state index in [4.69, 9.17) is 0 Å². The van der Waals surface area contributed by atoms with Gasteiger partial charge in [0.1, 0.15) is 0 Å². The smallest absolute Gasteiger partial charge is 0.249 e. The molecule has 0 aliphatic carbocycles. The van der Waals surface area contributed by atoms with Crippen molar-refractivity contribution in [2.24, 2.45) is 0 Å². The van der Waals surface area contributed by atoms with Crippen molar-refractivity contribution in [1.82, 2.24) is 25.8 Å². The van der Waals surface area contributed by atoms with E-state index in [9.17, 15) is 44.4 Å². The molecule has 0 aliphatic rings. The molecule has 0 aliphatic heterocycles. The average molecular weight is 695 g/mol. The Balaban J connectivity index is 2.04. The highest BCUT2D eigenvalue weighted by atomic mass is 16.5. The summed E-state index contributed by atoms with van der Waals surface area (Å²) in [4.78, 5) is 70.9. The molecular formula is C34H58N6O9. The van der Waals surface area contributed by atoms with Crippen LogP contribution in [0.1, 0.15) is 117 Å². The van der Waals surface area contributed by atoms with Gasteiger partial charge < -0.3 is 16.0 Å². The Morgan fingerprint density at radius 3 is 1.61 bits per heavy atom. The number of hydrogen-bond donors (Lipinski definition) is 6. The van der Waals surface area contributed by atoms with Gasteiger partial charge in [0.05, 0.1) is 5.69 Å². The normalized spacial score (nSPS) is 11.2. The van der Waals surface area contributed by atoms with Crippen LogP contribution in [0, 0.1) is 0 Å². The quantitative estimate of drug-likeness (QED) is 0.0360. The number of hydrogen-bond acceptors (Lipinski definition) is 11. The lowest BCUT2D eigenvalue weighted by atomic mass is 9.82. The third kappa shape index (κ3) is 17.4. The second-order valence-electron chi connectivity index (χ2n) is 13.3. The molecule has 6 N–H and O–H groups in total. The van der Waals surface area contributed by atoms with Crippen LogP contribution in [0.4, 0.5) is 5.69 Å². The highest BCUT2D eigenvalue weighted by Gasteiger charge is 2.29. The molecule has 0 atom stereocenters. The highest BCUT2D eigenvalue weighted by molar-refractivity contribution is 5.83. The fourth-order valence-corrected chi connectivity index (χ4v) is 4.99. The van der Waals surface area contributed by atoms with E-state index in [1.165, 1.54) is 6.92 Å². The summed E-state index contributed by atoms with van der Waals surface area (Å²) in [6, 6.07) is 0. The number of nitrogens with zero attached hydrogens (tertiary/aromatic N) is 3. The van der Waals surface area contributed by atoms with Gasteiger partial charge in [0.25, 0.3) is 0 Å². The molecule has 15 nitrogen and oxygen atoms in total. The zero-order valence-corrected chi connectivity index (χ0v) is 29.8. The molecule has 15 heteroatoms. The van der Waals surface area contributed by atoms with Crippen LogP contribution < -0.4 is 26.8 Å². The van der Waals surface area contributed by atoms with Gasteiger partial charge in [-0.1, -0.05) is 27.4 Å². The van der Waals surface area contributed by atoms with E-state index >= 15 is 0 Å². The molecule has 0 bridgehead atoms. The van der Waals surface area contributed by atoms with Crippen molar-refractivity contribution < 1.29 is 34.8 Å². The van der Waals surface area contributed by atoms with Crippen LogP contribution in [-0.2, 0) is 24.6 Å². The standard InChI is InChI=1S/C34H58N6O9/c1-25(15-17-28(43)39(48)23-14-8-11-21-37-31-30(34(3,4)5)32(45)33(31)46)35-19-9-6-13-24-40(49)29(44)18-16-27(42)36-20-10-7-12-22-38(47)26(2)41/h35,37,47-49H,1,6-24H2,2-5H3,(H,36,42). The lowest BCUT2D eigenvalue weighted by molar-refractivity contribution is -0.166. The minimum Gasteiger partial charge on any atom is -0.389 e. The van der Waals surface area contributed by atoms with Gasteiger partial charge in [0, 0.05) is 76.7 Å². The third-order valence-corrected chi connectivity index (χ3v) is 7.95. The number of hydroxylamine groups is 6. The van der Waals surface area contributed by atoms with Crippen molar-refractivity contribution in [3.63, 3.8) is 0 Å². The zero-order valence-electron chi connectivity index (χ0n) is 29.8. The number of anilines is 1. The lowest BCUT2D eigenvalue weighted by Gasteiger charge is -2.24. The van der Waals surface area contributed by atoms with E-state index in [1.54, 1.807) is 0 Å². The topological polar surface area (TPSA) is 209 Å². The summed E-state index contributed by atoms with van der Waals surface area (Å²) in [5.74, 6) is -1.63. The van der Waals surface area contributed by atoms with Crippen LogP contribution in [0.25, 0.3) is 0 Å². The molecule has 1 aromatic carbocycles. The van der Waals surface area contributed by atoms with Gasteiger partial charge in [0.15, 0.2) is 0 Å². The molecule has 0 saturated heterocycles. The third-order valence-electron chi connectivity index (χ3n) is 7.95. The molecule has 49 heavy (non-hydrogen) atoms. The molecule has 278 valence electrons. The molecule has 1 rings (SSSR count). The van der Waals surface area contributed by atoms with E-state index in [1.807, 2.05) is 20.8 Å². The van der Waals surface area contributed by atoms with Crippen molar-refractivity contribution in [2.45, 2.75) is 117 Å². The predicted molar refractivity (Wildman–Crippen MR) is 185 cm³/mol. The van der Waals surface area contributed by atoms with Gasteiger partial charge >= 0.3 is 0 Å². The van der Waals surface area contributed by atoms with E-state index in [-0.39, 0.29) is 44.8 Å². The summed E-state index contributed by atoms with van der Waals surface area (Å²) in [5.41, 5.74) is 0.307. The number of unbranched alkanes of at least 4 members (excludes halogenated alkanes) is 6. The summed E-state index contributed by atoms with van der Waals surface area (Å²) in [6.07, 6.45) is 6.43. The zero-order chi connectivity index (χ0) is 37.0. The Labute approximate surface area is 289 Å². The first-order chi connectivity index (χ1) is 23.1. The van der Waals surface area contributed by atoms with E-state index in [0.29, 0.717) is 78.8 Å². The number of carbonyl (C=O) groups is 4. The van der Waals surface area contributed by atoms with Crippen molar-refractivity contribution >= 4 is 29.3 Å². The number of carbonyl (C=O) groups excluding carboxylic acids is 4. The fraction of sp³-hybridized carbons (Fsp3) is 0.706. The molecule has 0 radical (unpaired) electrons. The van der Waals surface area contributed by atoms with Gasteiger partial charge in [-0.3, -0.25) is 44.4 Å². The van der Waals surface area contributed by atoms with Crippen LogP contribution >= 0.6 is 0 Å². The maximum atomic E-state index is 12.3. The Hall–Kier alpha value is -3.82. The van der Waals surface area contributed by atoms with Gasteiger partial charge in [-0.05, 0) is 69.6 Å². The van der Waals surface area contributed by atoms with Gasteiger partial charge in [0.2, 0.25) is 34.5 Å². The van der Waals surface area contributed by atoms with E-state index in [0.717, 1.165) is 37.2 Å². The van der Waals surface area contributed by atoms with Crippen LogP contribution in [0.3, 0.4) is 0 Å². The molecule has 0 saturated carbocycles. The Morgan fingerprint density at radius 2 is 1.10 bits per heavy atom. The molecule has 0 fully saturated rings.